The minimum atomic E-state index is 0.735. The molecule has 2 aromatic heterocycles. The van der Waals surface area contributed by atoms with Crippen molar-refractivity contribution in [2.24, 2.45) is 0 Å². The van der Waals surface area contributed by atoms with Crippen molar-refractivity contribution in [3.8, 4) is 56.2 Å². The van der Waals surface area contributed by atoms with Crippen LogP contribution >= 0.6 is 11.3 Å². The van der Waals surface area contributed by atoms with E-state index in [1.54, 1.807) is 0 Å². The molecule has 2 heterocycles. The van der Waals surface area contributed by atoms with E-state index in [1.165, 1.54) is 42.4 Å². The van der Waals surface area contributed by atoms with Crippen molar-refractivity contribution in [3.05, 3.63) is 158 Å². The Hall–Kier alpha value is -5.38. The van der Waals surface area contributed by atoms with E-state index in [0.717, 1.165) is 33.9 Å². The Kier molecular flexibility index (Phi) is 6.36. The molecule has 0 aliphatic rings. The fraction of sp³-hybridized carbons (Fsp3) is 0. The molecule has 2 nitrogen and oxygen atoms in total. The molecule has 0 amide bonds. The van der Waals surface area contributed by atoms with Crippen molar-refractivity contribution < 1.29 is 0 Å². The maximum atomic E-state index is 5.21. The lowest BCUT2D eigenvalue weighted by atomic mass is 10.00. The van der Waals surface area contributed by atoms with Gasteiger partial charge in [0.2, 0.25) is 0 Å². The zero-order chi connectivity index (χ0) is 28.6. The second-order valence-electron chi connectivity index (χ2n) is 10.6. The predicted octanol–water partition coefficient (Wildman–Crippen LogP) is 11.2. The number of hydrogen-bond acceptors (Lipinski definition) is 3. The first kappa shape index (κ1) is 25.3. The summed E-state index contributed by atoms with van der Waals surface area (Å²) in [6.45, 7) is 0. The minimum Gasteiger partial charge on any atom is -0.228 e. The van der Waals surface area contributed by atoms with Gasteiger partial charge in [-0.25, -0.2) is 9.97 Å². The van der Waals surface area contributed by atoms with Gasteiger partial charge >= 0.3 is 0 Å². The van der Waals surface area contributed by atoms with Gasteiger partial charge in [-0.2, -0.15) is 0 Å². The zero-order valence-corrected chi connectivity index (χ0v) is 24.1. The molecule has 0 N–H and O–H groups in total. The summed E-state index contributed by atoms with van der Waals surface area (Å²) in [6.07, 6.45) is 0. The van der Waals surface area contributed by atoms with E-state index in [9.17, 15) is 0 Å². The van der Waals surface area contributed by atoms with Gasteiger partial charge in [-0.15, -0.1) is 11.3 Å². The molecule has 0 radical (unpaired) electrons. The van der Waals surface area contributed by atoms with Gasteiger partial charge in [0.15, 0.2) is 5.82 Å². The van der Waals surface area contributed by atoms with Gasteiger partial charge in [0.05, 0.1) is 11.4 Å². The summed E-state index contributed by atoms with van der Waals surface area (Å²) in [6, 6.07) is 55.5. The summed E-state index contributed by atoms with van der Waals surface area (Å²) >= 11 is 1.82. The van der Waals surface area contributed by atoms with Gasteiger partial charge in [-0.05, 0) is 46.5 Å². The number of benzene rings is 6. The van der Waals surface area contributed by atoms with Gasteiger partial charge in [-0.3, -0.25) is 0 Å². The van der Waals surface area contributed by atoms with Crippen LogP contribution in [-0.2, 0) is 0 Å². The lowest BCUT2D eigenvalue weighted by molar-refractivity contribution is 1.19. The SMILES string of the molecule is c1ccc(-c2ccc(-c3cc(-c4ccccc4)nc(-c4cccc5sc6ccc(-c7ccccc7)cc6c45)n3)cc2)cc1. The van der Waals surface area contributed by atoms with Gasteiger partial charge in [0.1, 0.15) is 0 Å². The van der Waals surface area contributed by atoms with Crippen LogP contribution in [0.4, 0.5) is 0 Å². The molecule has 8 aromatic rings. The van der Waals surface area contributed by atoms with E-state index in [-0.39, 0.29) is 0 Å². The van der Waals surface area contributed by atoms with Crippen LogP contribution in [0, 0.1) is 0 Å². The first-order valence-corrected chi connectivity index (χ1v) is 15.2. The number of aromatic nitrogens is 2. The van der Waals surface area contributed by atoms with Crippen molar-refractivity contribution in [2.45, 2.75) is 0 Å². The van der Waals surface area contributed by atoms with Gasteiger partial charge in [0.25, 0.3) is 0 Å². The Morgan fingerprint density at radius 2 is 0.884 bits per heavy atom. The number of hydrogen-bond donors (Lipinski definition) is 0. The second kappa shape index (κ2) is 10.8. The highest BCUT2D eigenvalue weighted by Crippen LogP contribution is 2.41. The number of nitrogens with zero attached hydrogens (tertiary/aromatic N) is 2. The molecule has 3 heteroatoms. The molecular weight excluding hydrogens is 541 g/mol. The van der Waals surface area contributed by atoms with E-state index >= 15 is 0 Å². The summed E-state index contributed by atoms with van der Waals surface area (Å²) in [4.78, 5) is 10.4. The molecule has 43 heavy (non-hydrogen) atoms. The quantitative estimate of drug-likeness (QED) is 0.207. The molecule has 0 saturated carbocycles. The van der Waals surface area contributed by atoms with Crippen molar-refractivity contribution in [1.29, 1.82) is 0 Å². The van der Waals surface area contributed by atoms with Crippen LogP contribution in [0.15, 0.2) is 158 Å². The van der Waals surface area contributed by atoms with Crippen molar-refractivity contribution in [2.75, 3.05) is 0 Å². The van der Waals surface area contributed by atoms with Crippen LogP contribution < -0.4 is 0 Å². The van der Waals surface area contributed by atoms with Crippen LogP contribution in [0.5, 0.6) is 0 Å². The van der Waals surface area contributed by atoms with Crippen LogP contribution in [0.1, 0.15) is 0 Å². The lowest BCUT2D eigenvalue weighted by Gasteiger charge is -2.11. The third-order valence-electron chi connectivity index (χ3n) is 7.93. The normalized spacial score (nSPS) is 11.3. The first-order valence-electron chi connectivity index (χ1n) is 14.4. The van der Waals surface area contributed by atoms with Gasteiger partial charge < -0.3 is 0 Å². The number of thiophene rings is 1. The monoisotopic (exact) mass is 566 g/mol. The molecule has 0 atom stereocenters. The van der Waals surface area contributed by atoms with Gasteiger partial charge in [-0.1, -0.05) is 133 Å². The average molecular weight is 567 g/mol. The molecule has 202 valence electrons. The van der Waals surface area contributed by atoms with Crippen LogP contribution in [0.3, 0.4) is 0 Å². The average Bonchev–Trinajstić information content (AvgIpc) is 3.47. The third kappa shape index (κ3) is 4.80. The van der Waals surface area contributed by atoms with Crippen molar-refractivity contribution >= 4 is 31.5 Å². The number of fused-ring (bicyclic) bond motifs is 3. The van der Waals surface area contributed by atoms with Gasteiger partial charge in [0, 0.05) is 36.9 Å². The third-order valence-corrected chi connectivity index (χ3v) is 9.06. The standard InChI is InChI=1S/C40H26N2S/c1-4-11-27(12-5-1)29-19-21-31(22-20-29)36-26-35(30-15-8-3-9-16-30)41-40(42-36)33-17-10-18-38-39(33)34-25-32(23-24-37(34)43-38)28-13-6-2-7-14-28/h1-26H. The molecule has 0 aliphatic heterocycles. The Morgan fingerprint density at radius 1 is 0.372 bits per heavy atom. The minimum absolute atomic E-state index is 0.735. The molecule has 0 saturated heterocycles. The number of rotatable bonds is 5. The molecule has 0 fully saturated rings. The second-order valence-corrected chi connectivity index (χ2v) is 11.7. The smallest absolute Gasteiger partial charge is 0.161 e. The fourth-order valence-electron chi connectivity index (χ4n) is 5.76. The summed E-state index contributed by atoms with van der Waals surface area (Å²) in [7, 11) is 0. The van der Waals surface area contributed by atoms with Crippen molar-refractivity contribution in [3.63, 3.8) is 0 Å². The Bertz CT molecular complexity index is 2200. The van der Waals surface area contributed by atoms with Crippen LogP contribution in [0.25, 0.3) is 76.3 Å². The topological polar surface area (TPSA) is 25.8 Å². The molecule has 8 rings (SSSR count). The Labute approximate surface area is 254 Å². The maximum absolute atomic E-state index is 5.21. The Morgan fingerprint density at radius 3 is 1.53 bits per heavy atom. The van der Waals surface area contributed by atoms with E-state index < -0.39 is 0 Å². The van der Waals surface area contributed by atoms with E-state index in [1.807, 2.05) is 23.5 Å². The molecule has 6 aromatic carbocycles. The summed E-state index contributed by atoms with van der Waals surface area (Å²) in [5.74, 6) is 0.735. The van der Waals surface area contributed by atoms with Crippen molar-refractivity contribution in [1.82, 2.24) is 9.97 Å². The maximum Gasteiger partial charge on any atom is 0.161 e. The highest BCUT2D eigenvalue weighted by Gasteiger charge is 2.16. The van der Waals surface area contributed by atoms with E-state index in [4.69, 9.17) is 9.97 Å². The molecular formula is C40H26N2S. The summed E-state index contributed by atoms with van der Waals surface area (Å²) in [5.41, 5.74) is 9.81. The highest BCUT2D eigenvalue weighted by atomic mass is 32.1. The molecule has 0 unspecified atom stereocenters. The zero-order valence-electron chi connectivity index (χ0n) is 23.3. The Balaban J connectivity index is 1.32. The lowest BCUT2D eigenvalue weighted by Crippen LogP contribution is -1.96. The summed E-state index contributed by atoms with van der Waals surface area (Å²) < 4.78 is 2.50. The van der Waals surface area contributed by atoms with Crippen LogP contribution in [0.2, 0.25) is 0 Å². The largest absolute Gasteiger partial charge is 0.228 e. The summed E-state index contributed by atoms with van der Waals surface area (Å²) in [5, 5.41) is 2.44. The molecule has 0 spiro atoms. The molecule has 0 bridgehead atoms. The van der Waals surface area contributed by atoms with Crippen LogP contribution in [-0.4, -0.2) is 9.97 Å². The predicted molar refractivity (Wildman–Crippen MR) is 182 cm³/mol. The van der Waals surface area contributed by atoms with E-state index in [2.05, 4.69) is 146 Å². The first-order chi connectivity index (χ1) is 21.3. The fourth-order valence-corrected chi connectivity index (χ4v) is 6.87. The molecule has 0 aliphatic carbocycles. The van der Waals surface area contributed by atoms with E-state index in [0.29, 0.717) is 0 Å². The highest BCUT2D eigenvalue weighted by molar-refractivity contribution is 7.25.